The van der Waals surface area contributed by atoms with Crippen LogP contribution in [0.3, 0.4) is 0 Å². The Balaban J connectivity index is 2.17. The predicted octanol–water partition coefficient (Wildman–Crippen LogP) is 3.84. The van der Waals surface area contributed by atoms with E-state index in [1.54, 1.807) is 0 Å². The molecule has 5 nitrogen and oxygen atoms in total. The number of hydrogen-bond acceptors (Lipinski definition) is 3. The summed E-state index contributed by atoms with van der Waals surface area (Å²) in [6.07, 6.45) is 0.136. The van der Waals surface area contributed by atoms with Crippen molar-refractivity contribution >= 4 is 5.91 Å². The fourth-order valence-electron chi connectivity index (χ4n) is 4.16. The van der Waals surface area contributed by atoms with E-state index in [9.17, 15) is 18.0 Å². The zero-order valence-corrected chi connectivity index (χ0v) is 16.9. The van der Waals surface area contributed by atoms with Crippen molar-refractivity contribution in [2.45, 2.75) is 90.1 Å². The average Bonchev–Trinajstić information content (AvgIpc) is 2.93. The van der Waals surface area contributed by atoms with Crippen LogP contribution < -0.4 is 5.32 Å². The van der Waals surface area contributed by atoms with Gasteiger partial charge in [0.05, 0.1) is 0 Å². The van der Waals surface area contributed by atoms with E-state index >= 15 is 0 Å². The van der Waals surface area contributed by atoms with Crippen molar-refractivity contribution in [1.82, 2.24) is 20.0 Å². The Kier molecular flexibility index (Phi) is 6.29. The van der Waals surface area contributed by atoms with Crippen LogP contribution >= 0.6 is 0 Å². The third kappa shape index (κ3) is 5.96. The zero-order valence-electron chi connectivity index (χ0n) is 16.9. The molecule has 1 aliphatic heterocycles. The van der Waals surface area contributed by atoms with Gasteiger partial charge in [0.2, 0.25) is 5.91 Å². The molecule has 1 saturated heterocycles. The van der Waals surface area contributed by atoms with E-state index in [1.807, 2.05) is 4.90 Å². The number of amides is 1. The molecule has 0 spiro atoms. The highest BCUT2D eigenvalue weighted by Gasteiger charge is 2.41. The number of rotatable bonds is 6. The van der Waals surface area contributed by atoms with Crippen molar-refractivity contribution in [2.75, 3.05) is 6.54 Å². The summed E-state index contributed by atoms with van der Waals surface area (Å²) < 4.78 is 39.3. The quantitative estimate of drug-likeness (QED) is 0.806. The summed E-state index contributed by atoms with van der Waals surface area (Å²) in [5.74, 6) is -0.182. The van der Waals surface area contributed by atoms with Gasteiger partial charge in [0.1, 0.15) is 6.54 Å². The fourth-order valence-corrected chi connectivity index (χ4v) is 4.16. The maximum absolute atomic E-state index is 13.0. The molecule has 1 aromatic rings. The Hall–Kier alpha value is -1.57. The van der Waals surface area contributed by atoms with E-state index in [4.69, 9.17) is 0 Å². The largest absolute Gasteiger partial charge is 0.435 e. The molecule has 1 amide bonds. The van der Waals surface area contributed by atoms with Crippen LogP contribution in [0.2, 0.25) is 0 Å². The van der Waals surface area contributed by atoms with Crippen molar-refractivity contribution < 1.29 is 18.0 Å². The average molecular weight is 388 g/mol. The standard InChI is InChI=1S/C19H31F3N4O/c1-6-7-9-26(14-11-17(2,3)24-18(4,5)12-14)16(27)13-25-10-8-15(23-25)19(20,21)22/h8,10,14,24H,6-7,9,11-13H2,1-5H3. The van der Waals surface area contributed by atoms with E-state index in [0.29, 0.717) is 6.54 Å². The minimum atomic E-state index is -4.50. The number of hydrogen-bond donors (Lipinski definition) is 1. The van der Waals surface area contributed by atoms with Crippen LogP contribution in [-0.2, 0) is 17.5 Å². The molecule has 154 valence electrons. The van der Waals surface area contributed by atoms with Crippen molar-refractivity contribution in [3.63, 3.8) is 0 Å². The molecule has 1 aliphatic rings. The van der Waals surface area contributed by atoms with Crippen molar-refractivity contribution in [2.24, 2.45) is 0 Å². The van der Waals surface area contributed by atoms with Crippen LogP contribution in [0.5, 0.6) is 0 Å². The van der Waals surface area contributed by atoms with Gasteiger partial charge in [-0.2, -0.15) is 18.3 Å². The van der Waals surface area contributed by atoms with Gasteiger partial charge in [0, 0.05) is 29.9 Å². The highest BCUT2D eigenvalue weighted by atomic mass is 19.4. The van der Waals surface area contributed by atoms with Gasteiger partial charge in [-0.1, -0.05) is 13.3 Å². The lowest BCUT2D eigenvalue weighted by atomic mass is 9.79. The van der Waals surface area contributed by atoms with E-state index in [2.05, 4.69) is 45.0 Å². The molecule has 1 N–H and O–H groups in total. The lowest BCUT2D eigenvalue weighted by molar-refractivity contribution is -0.142. The molecule has 1 fully saturated rings. The Morgan fingerprint density at radius 1 is 1.30 bits per heavy atom. The molecule has 0 aliphatic carbocycles. The first-order chi connectivity index (χ1) is 12.3. The Morgan fingerprint density at radius 3 is 2.37 bits per heavy atom. The van der Waals surface area contributed by atoms with Crippen LogP contribution in [0.25, 0.3) is 0 Å². The van der Waals surface area contributed by atoms with Crippen LogP contribution in [0.1, 0.15) is 66.0 Å². The summed E-state index contributed by atoms with van der Waals surface area (Å²) in [6.45, 7) is 11.0. The van der Waals surface area contributed by atoms with Gasteiger partial charge < -0.3 is 10.2 Å². The van der Waals surface area contributed by atoms with E-state index < -0.39 is 11.9 Å². The third-order valence-electron chi connectivity index (χ3n) is 4.91. The number of nitrogens with one attached hydrogen (secondary N) is 1. The number of carbonyl (C=O) groups excluding carboxylic acids is 1. The number of nitrogens with zero attached hydrogens (tertiary/aromatic N) is 3. The predicted molar refractivity (Wildman–Crippen MR) is 98.2 cm³/mol. The summed E-state index contributed by atoms with van der Waals surface area (Å²) in [4.78, 5) is 14.8. The molecular formula is C19H31F3N4O. The van der Waals surface area contributed by atoms with Gasteiger partial charge >= 0.3 is 6.18 Å². The molecule has 2 heterocycles. The van der Waals surface area contributed by atoms with Crippen molar-refractivity contribution in [1.29, 1.82) is 0 Å². The van der Waals surface area contributed by atoms with Crippen molar-refractivity contribution in [3.8, 4) is 0 Å². The van der Waals surface area contributed by atoms with Crippen LogP contribution in [0.4, 0.5) is 13.2 Å². The van der Waals surface area contributed by atoms with Gasteiger partial charge in [-0.15, -0.1) is 0 Å². The summed E-state index contributed by atoms with van der Waals surface area (Å²) >= 11 is 0. The normalized spacial score (nSPS) is 19.9. The number of unbranched alkanes of at least 4 members (excludes halogenated alkanes) is 1. The lowest BCUT2D eigenvalue weighted by Crippen LogP contribution is -2.63. The first-order valence-electron chi connectivity index (χ1n) is 9.52. The number of halogens is 3. The highest BCUT2D eigenvalue weighted by molar-refractivity contribution is 5.76. The van der Waals surface area contributed by atoms with E-state index in [0.717, 1.165) is 36.4 Å². The SMILES string of the molecule is CCCCN(C(=O)Cn1ccc(C(F)(F)F)n1)C1CC(C)(C)NC(C)(C)C1. The second kappa shape index (κ2) is 7.81. The Morgan fingerprint density at radius 2 is 1.89 bits per heavy atom. The maximum atomic E-state index is 13.0. The third-order valence-corrected chi connectivity index (χ3v) is 4.91. The zero-order chi connectivity index (χ0) is 20.5. The van der Waals surface area contributed by atoms with Gasteiger partial charge in [0.15, 0.2) is 5.69 Å². The Bertz CT molecular complexity index is 636. The first kappa shape index (κ1) is 21.7. The van der Waals surface area contributed by atoms with E-state index in [-0.39, 0.29) is 29.6 Å². The smallest absolute Gasteiger partial charge is 0.338 e. The van der Waals surface area contributed by atoms with E-state index in [1.165, 1.54) is 6.20 Å². The van der Waals surface area contributed by atoms with Gasteiger partial charge in [-0.3, -0.25) is 9.48 Å². The molecule has 0 bridgehead atoms. The molecule has 27 heavy (non-hydrogen) atoms. The van der Waals surface area contributed by atoms with Crippen LogP contribution in [-0.4, -0.2) is 44.3 Å². The minimum absolute atomic E-state index is 0.0490. The lowest BCUT2D eigenvalue weighted by Gasteiger charge is -2.49. The molecule has 0 atom stereocenters. The molecular weight excluding hydrogens is 357 g/mol. The molecule has 0 radical (unpaired) electrons. The second-order valence-electron chi connectivity index (χ2n) is 8.79. The summed E-state index contributed by atoms with van der Waals surface area (Å²) in [5, 5.41) is 7.12. The van der Waals surface area contributed by atoms with Gasteiger partial charge in [-0.25, -0.2) is 0 Å². The fraction of sp³-hybridized carbons (Fsp3) is 0.789. The second-order valence-corrected chi connectivity index (χ2v) is 8.79. The summed E-state index contributed by atoms with van der Waals surface area (Å²) in [7, 11) is 0. The topological polar surface area (TPSA) is 50.2 Å². The maximum Gasteiger partial charge on any atom is 0.435 e. The Labute approximate surface area is 159 Å². The summed E-state index contributed by atoms with van der Waals surface area (Å²) in [6, 6.07) is 0.952. The van der Waals surface area contributed by atoms with Crippen LogP contribution in [0, 0.1) is 0 Å². The first-order valence-corrected chi connectivity index (χ1v) is 9.52. The van der Waals surface area contributed by atoms with Crippen LogP contribution in [0.15, 0.2) is 12.3 Å². The number of aromatic nitrogens is 2. The molecule has 0 saturated carbocycles. The number of carbonyl (C=O) groups is 1. The summed E-state index contributed by atoms with van der Waals surface area (Å²) in [5.41, 5.74) is -1.21. The number of alkyl halides is 3. The van der Waals surface area contributed by atoms with Crippen molar-refractivity contribution in [3.05, 3.63) is 18.0 Å². The number of piperidine rings is 1. The molecule has 0 aromatic carbocycles. The monoisotopic (exact) mass is 388 g/mol. The molecule has 0 unspecified atom stereocenters. The molecule has 2 rings (SSSR count). The van der Waals surface area contributed by atoms with Gasteiger partial charge in [0.25, 0.3) is 0 Å². The minimum Gasteiger partial charge on any atom is -0.338 e. The van der Waals surface area contributed by atoms with Gasteiger partial charge in [-0.05, 0) is 53.0 Å². The molecule has 1 aromatic heterocycles. The highest BCUT2D eigenvalue weighted by Crippen LogP contribution is 2.32. The molecule has 8 heteroatoms.